The molecule has 0 aliphatic heterocycles. The molecule has 0 N–H and O–H groups in total. The summed E-state index contributed by atoms with van der Waals surface area (Å²) in [5.41, 5.74) is 5.93. The van der Waals surface area contributed by atoms with Gasteiger partial charge in [0.1, 0.15) is 0 Å². The third-order valence-corrected chi connectivity index (χ3v) is 8.97. The lowest BCUT2D eigenvalue weighted by Gasteiger charge is -2.28. The van der Waals surface area contributed by atoms with Crippen molar-refractivity contribution in [3.63, 3.8) is 0 Å². The maximum atomic E-state index is 2.42. The van der Waals surface area contributed by atoms with E-state index in [4.69, 9.17) is 0 Å². The van der Waals surface area contributed by atoms with Gasteiger partial charge in [0.05, 0.1) is 5.69 Å². The lowest BCUT2D eigenvalue weighted by molar-refractivity contribution is 1.30. The van der Waals surface area contributed by atoms with E-state index in [1.807, 2.05) is 11.3 Å². The van der Waals surface area contributed by atoms with Crippen molar-refractivity contribution in [2.75, 3.05) is 4.90 Å². The molecule has 8 aromatic rings. The first kappa shape index (κ1) is 23.0. The normalized spacial score (nSPS) is 11.5. The van der Waals surface area contributed by atoms with E-state index in [1.165, 1.54) is 58.5 Å². The molecule has 0 aliphatic rings. The van der Waals surface area contributed by atoms with Crippen LogP contribution in [0.5, 0.6) is 0 Å². The van der Waals surface area contributed by atoms with E-state index in [1.54, 1.807) is 0 Å². The van der Waals surface area contributed by atoms with Crippen LogP contribution >= 0.6 is 11.3 Å². The molecule has 1 nitrogen and oxygen atoms in total. The van der Waals surface area contributed by atoms with E-state index in [9.17, 15) is 0 Å². The minimum absolute atomic E-state index is 1.14. The van der Waals surface area contributed by atoms with Crippen molar-refractivity contribution in [3.05, 3.63) is 152 Å². The van der Waals surface area contributed by atoms with Gasteiger partial charge in [-0.15, -0.1) is 11.3 Å². The van der Waals surface area contributed by atoms with Gasteiger partial charge in [-0.25, -0.2) is 0 Å². The summed E-state index contributed by atoms with van der Waals surface area (Å²) in [5, 5.41) is 7.59. The Balaban J connectivity index is 1.43. The summed E-state index contributed by atoms with van der Waals surface area (Å²) in [5.74, 6) is 0. The zero-order valence-electron chi connectivity index (χ0n) is 21.8. The van der Waals surface area contributed by atoms with Gasteiger partial charge in [-0.05, 0) is 75.8 Å². The highest BCUT2D eigenvalue weighted by atomic mass is 32.1. The summed E-state index contributed by atoms with van der Waals surface area (Å²) in [6.07, 6.45) is 0. The molecule has 1 aromatic heterocycles. The van der Waals surface area contributed by atoms with E-state index >= 15 is 0 Å². The molecule has 7 aromatic carbocycles. The lowest BCUT2D eigenvalue weighted by atomic mass is 9.94. The summed E-state index contributed by atoms with van der Waals surface area (Å²) >= 11 is 1.86. The molecular weight excluding hydrogens is 502 g/mol. The van der Waals surface area contributed by atoms with E-state index < -0.39 is 0 Å². The summed E-state index contributed by atoms with van der Waals surface area (Å²) in [7, 11) is 0. The van der Waals surface area contributed by atoms with Crippen molar-refractivity contribution in [1.82, 2.24) is 0 Å². The van der Waals surface area contributed by atoms with Crippen LogP contribution in [-0.4, -0.2) is 0 Å². The van der Waals surface area contributed by atoms with Gasteiger partial charge in [0.25, 0.3) is 0 Å². The van der Waals surface area contributed by atoms with E-state index in [2.05, 4.69) is 157 Å². The van der Waals surface area contributed by atoms with E-state index in [0.29, 0.717) is 0 Å². The minimum Gasteiger partial charge on any atom is -0.310 e. The molecule has 0 amide bonds. The zero-order chi connectivity index (χ0) is 26.5. The van der Waals surface area contributed by atoms with Crippen LogP contribution in [0.15, 0.2) is 152 Å². The van der Waals surface area contributed by atoms with Crippen molar-refractivity contribution in [2.24, 2.45) is 0 Å². The van der Waals surface area contributed by atoms with Crippen LogP contribution in [0.1, 0.15) is 0 Å². The minimum atomic E-state index is 1.14. The molecule has 1 heterocycles. The smallest absolute Gasteiger partial charge is 0.0546 e. The highest BCUT2D eigenvalue weighted by molar-refractivity contribution is 7.25. The number of hydrogen-bond donors (Lipinski definition) is 0. The number of nitrogens with zero attached hydrogens (tertiary/aromatic N) is 1. The number of hydrogen-bond acceptors (Lipinski definition) is 2. The summed E-state index contributed by atoms with van der Waals surface area (Å²) in [6, 6.07) is 55.1. The number of anilines is 3. The summed E-state index contributed by atoms with van der Waals surface area (Å²) < 4.78 is 2.64. The average molecular weight is 528 g/mol. The Bertz CT molecular complexity index is 2170. The van der Waals surface area contributed by atoms with Crippen molar-refractivity contribution < 1.29 is 0 Å². The summed E-state index contributed by atoms with van der Waals surface area (Å²) in [4.78, 5) is 2.42. The predicted octanol–water partition coefficient (Wildman–Crippen LogP) is 11.5. The van der Waals surface area contributed by atoms with Crippen LogP contribution in [0.3, 0.4) is 0 Å². The maximum Gasteiger partial charge on any atom is 0.0546 e. The van der Waals surface area contributed by atoms with Crippen LogP contribution in [0.25, 0.3) is 52.8 Å². The highest BCUT2D eigenvalue weighted by Crippen LogP contribution is 2.44. The average Bonchev–Trinajstić information content (AvgIpc) is 3.39. The first-order chi connectivity index (χ1) is 19.8. The Kier molecular flexibility index (Phi) is 5.39. The van der Waals surface area contributed by atoms with Crippen LogP contribution in [0, 0.1) is 0 Å². The van der Waals surface area contributed by atoms with Crippen LogP contribution in [-0.2, 0) is 0 Å². The molecule has 0 radical (unpaired) electrons. The third kappa shape index (κ3) is 3.77. The number of rotatable bonds is 4. The van der Waals surface area contributed by atoms with Crippen LogP contribution in [0.2, 0.25) is 0 Å². The first-order valence-electron chi connectivity index (χ1n) is 13.6. The first-order valence-corrected chi connectivity index (χ1v) is 14.4. The van der Waals surface area contributed by atoms with Gasteiger partial charge in [0.2, 0.25) is 0 Å². The van der Waals surface area contributed by atoms with E-state index in [0.717, 1.165) is 11.4 Å². The Morgan fingerprint density at radius 3 is 1.95 bits per heavy atom. The zero-order valence-corrected chi connectivity index (χ0v) is 22.6. The molecule has 40 heavy (non-hydrogen) atoms. The van der Waals surface area contributed by atoms with Gasteiger partial charge in [-0.1, -0.05) is 103 Å². The lowest BCUT2D eigenvalue weighted by Crippen LogP contribution is -2.10. The largest absolute Gasteiger partial charge is 0.310 e. The van der Waals surface area contributed by atoms with Gasteiger partial charge in [-0.3, -0.25) is 0 Å². The summed E-state index contributed by atoms with van der Waals surface area (Å²) in [6.45, 7) is 0. The fourth-order valence-electron chi connectivity index (χ4n) is 5.97. The monoisotopic (exact) mass is 527 g/mol. The molecule has 8 rings (SSSR count). The highest BCUT2D eigenvalue weighted by Gasteiger charge is 2.18. The molecule has 0 aliphatic carbocycles. The number of para-hydroxylation sites is 1. The molecule has 188 valence electrons. The Morgan fingerprint density at radius 1 is 0.400 bits per heavy atom. The second-order valence-corrected chi connectivity index (χ2v) is 11.3. The third-order valence-electron chi connectivity index (χ3n) is 7.81. The van der Waals surface area contributed by atoms with Crippen molar-refractivity contribution in [1.29, 1.82) is 0 Å². The quantitative estimate of drug-likeness (QED) is 0.220. The van der Waals surface area contributed by atoms with Crippen LogP contribution < -0.4 is 4.90 Å². The van der Waals surface area contributed by atoms with Crippen molar-refractivity contribution in [3.8, 4) is 11.1 Å². The number of benzene rings is 7. The Hall–Kier alpha value is -4.92. The molecule has 0 unspecified atom stereocenters. The molecule has 2 heteroatoms. The van der Waals surface area contributed by atoms with Crippen molar-refractivity contribution >= 4 is 70.1 Å². The van der Waals surface area contributed by atoms with Crippen molar-refractivity contribution in [2.45, 2.75) is 0 Å². The van der Waals surface area contributed by atoms with Gasteiger partial charge in [0.15, 0.2) is 0 Å². The fraction of sp³-hybridized carbons (Fsp3) is 0. The standard InChI is InChI=1S/C38H25NS/c1-2-14-29(15-3-1)39(30-21-22-38-35(25-30)34-18-8-9-20-37(34)40-38)36-24-28(23-27-12-5-7-17-33(27)36)32-19-10-13-26-11-4-6-16-31(26)32/h1-25H. The molecule has 0 atom stereocenters. The Labute approximate surface area is 237 Å². The Morgan fingerprint density at radius 2 is 1.07 bits per heavy atom. The van der Waals surface area contributed by atoms with Gasteiger partial charge in [0, 0.05) is 36.9 Å². The second kappa shape index (κ2) is 9.37. The molecular formula is C38H25NS. The maximum absolute atomic E-state index is 2.42. The van der Waals surface area contributed by atoms with Crippen LogP contribution in [0.4, 0.5) is 17.1 Å². The molecule has 0 fully saturated rings. The topological polar surface area (TPSA) is 3.24 Å². The van der Waals surface area contributed by atoms with Gasteiger partial charge < -0.3 is 4.90 Å². The SMILES string of the molecule is c1ccc(N(c2ccc3sc4ccccc4c3c2)c2cc(-c3cccc4ccccc34)cc3ccccc23)cc1. The molecule has 0 spiro atoms. The molecule has 0 saturated carbocycles. The van der Waals surface area contributed by atoms with Gasteiger partial charge in [-0.2, -0.15) is 0 Å². The van der Waals surface area contributed by atoms with E-state index in [-0.39, 0.29) is 0 Å². The second-order valence-electron chi connectivity index (χ2n) is 10.2. The van der Waals surface area contributed by atoms with Gasteiger partial charge >= 0.3 is 0 Å². The molecule has 0 saturated heterocycles. The predicted molar refractivity (Wildman–Crippen MR) is 174 cm³/mol. The fourth-order valence-corrected chi connectivity index (χ4v) is 7.05. The molecule has 0 bridgehead atoms. The number of thiophene rings is 1. The number of fused-ring (bicyclic) bond motifs is 5.